The van der Waals surface area contributed by atoms with Gasteiger partial charge in [0.25, 0.3) is 11.7 Å². The maximum Gasteiger partial charge on any atom is 0.295 e. The molecule has 4 aromatic rings. The van der Waals surface area contributed by atoms with Gasteiger partial charge in [0.15, 0.2) is 0 Å². The molecule has 0 aliphatic carbocycles. The molecule has 0 fully saturated rings. The Kier molecular flexibility index (Phi) is 3.77. The summed E-state index contributed by atoms with van der Waals surface area (Å²) in [6.45, 7) is 3.79. The van der Waals surface area contributed by atoms with Gasteiger partial charge in [-0.3, -0.25) is 4.79 Å². The number of nitrogens with one attached hydrogen (secondary N) is 1. The van der Waals surface area contributed by atoms with Crippen molar-refractivity contribution in [2.24, 2.45) is 0 Å². The molecule has 1 N–H and O–H groups in total. The number of nitrogens with zero attached hydrogens (tertiary/aromatic N) is 4. The van der Waals surface area contributed by atoms with Crippen LogP contribution in [0.1, 0.15) is 22.0 Å². The fourth-order valence-corrected chi connectivity index (χ4v) is 3.45. The summed E-state index contributed by atoms with van der Waals surface area (Å²) in [5.74, 6) is 0.169. The Labute approximate surface area is 148 Å². The molecule has 6 nitrogen and oxygen atoms in total. The summed E-state index contributed by atoms with van der Waals surface area (Å²) in [4.78, 5) is 22.3. The highest BCUT2D eigenvalue weighted by Crippen LogP contribution is 2.31. The fraction of sp³-hybridized carbons (Fsp3) is 0.111. The van der Waals surface area contributed by atoms with Crippen LogP contribution >= 0.6 is 11.3 Å². The molecule has 0 saturated carbocycles. The average Bonchev–Trinajstić information content (AvgIpc) is 3.24. The molecule has 0 aliphatic rings. The first-order chi connectivity index (χ1) is 12.1. The molecule has 0 atom stereocenters. The number of carbonyl (C=O) groups excluding carboxylic acids is 1. The van der Waals surface area contributed by atoms with Crippen molar-refractivity contribution >= 4 is 28.7 Å². The fourth-order valence-electron chi connectivity index (χ4n) is 2.68. The lowest BCUT2D eigenvalue weighted by Crippen LogP contribution is -2.14. The second-order valence-electron chi connectivity index (χ2n) is 5.66. The quantitative estimate of drug-likeness (QED) is 0.612. The number of fused-ring (bicyclic) bond motifs is 1. The number of carbonyl (C=O) groups is 1. The van der Waals surface area contributed by atoms with Gasteiger partial charge in [0.05, 0.1) is 0 Å². The molecule has 0 aliphatic heterocycles. The van der Waals surface area contributed by atoms with E-state index in [-0.39, 0.29) is 11.7 Å². The van der Waals surface area contributed by atoms with Gasteiger partial charge in [-0.15, -0.1) is 16.4 Å². The lowest BCUT2D eigenvalue weighted by Gasteiger charge is -2.08. The van der Waals surface area contributed by atoms with Crippen molar-refractivity contribution in [2.45, 2.75) is 13.8 Å². The second kappa shape index (κ2) is 6.10. The van der Waals surface area contributed by atoms with E-state index in [2.05, 4.69) is 20.4 Å². The summed E-state index contributed by atoms with van der Waals surface area (Å²) < 4.78 is 1.58. The van der Waals surface area contributed by atoms with Crippen LogP contribution in [0.15, 0.2) is 47.8 Å². The van der Waals surface area contributed by atoms with E-state index in [9.17, 15) is 4.79 Å². The van der Waals surface area contributed by atoms with E-state index >= 15 is 0 Å². The number of para-hydroxylation sites is 1. The van der Waals surface area contributed by atoms with E-state index in [1.54, 1.807) is 15.9 Å². The molecule has 0 unspecified atom stereocenters. The number of hydrogen-bond donors (Lipinski definition) is 1. The van der Waals surface area contributed by atoms with Crippen LogP contribution in [-0.2, 0) is 0 Å². The Bertz CT molecular complexity index is 1070. The van der Waals surface area contributed by atoms with Crippen LogP contribution in [0.25, 0.3) is 16.2 Å². The Morgan fingerprint density at radius 3 is 2.76 bits per heavy atom. The normalized spacial score (nSPS) is 11.0. The first-order valence-corrected chi connectivity index (χ1v) is 8.65. The molecule has 7 heteroatoms. The molecule has 1 amide bonds. The number of anilines is 1. The largest absolute Gasteiger partial charge is 0.319 e. The van der Waals surface area contributed by atoms with Gasteiger partial charge in [-0.05, 0) is 37.4 Å². The molecule has 124 valence electrons. The third kappa shape index (κ3) is 2.89. The number of rotatable bonds is 3. The zero-order chi connectivity index (χ0) is 17.4. The summed E-state index contributed by atoms with van der Waals surface area (Å²) in [6, 6.07) is 13.6. The first kappa shape index (κ1) is 15.5. The molecule has 0 saturated heterocycles. The third-order valence-corrected chi connectivity index (χ3v) is 4.69. The number of amides is 1. The van der Waals surface area contributed by atoms with E-state index in [0.717, 1.165) is 27.5 Å². The SMILES string of the molecule is Cc1cc(C)n2nc(C(=O)Nc3ccccc3-c3cccs3)nc2n1. The van der Waals surface area contributed by atoms with Gasteiger partial charge in [-0.1, -0.05) is 24.3 Å². The van der Waals surface area contributed by atoms with Gasteiger partial charge in [0.1, 0.15) is 0 Å². The Morgan fingerprint density at radius 2 is 1.96 bits per heavy atom. The van der Waals surface area contributed by atoms with Crippen molar-refractivity contribution in [2.75, 3.05) is 5.32 Å². The Morgan fingerprint density at radius 1 is 1.12 bits per heavy atom. The zero-order valence-corrected chi connectivity index (χ0v) is 14.5. The molecule has 0 spiro atoms. The smallest absolute Gasteiger partial charge is 0.295 e. The van der Waals surface area contributed by atoms with E-state index in [0.29, 0.717) is 5.78 Å². The van der Waals surface area contributed by atoms with Gasteiger partial charge in [0.2, 0.25) is 5.82 Å². The summed E-state index contributed by atoms with van der Waals surface area (Å²) >= 11 is 1.62. The predicted molar refractivity (Wildman–Crippen MR) is 98.0 cm³/mol. The van der Waals surface area contributed by atoms with Gasteiger partial charge >= 0.3 is 0 Å². The lowest BCUT2D eigenvalue weighted by molar-refractivity contribution is 0.101. The molecule has 4 rings (SSSR count). The van der Waals surface area contributed by atoms with Crippen LogP contribution in [0.2, 0.25) is 0 Å². The highest BCUT2D eigenvalue weighted by molar-refractivity contribution is 7.13. The van der Waals surface area contributed by atoms with Crippen molar-refractivity contribution in [3.63, 3.8) is 0 Å². The van der Waals surface area contributed by atoms with Crippen LogP contribution in [0, 0.1) is 13.8 Å². The van der Waals surface area contributed by atoms with Crippen LogP contribution in [0.4, 0.5) is 5.69 Å². The molecular weight excluding hydrogens is 334 g/mol. The van der Waals surface area contributed by atoms with Crippen molar-refractivity contribution < 1.29 is 4.79 Å². The maximum absolute atomic E-state index is 12.6. The van der Waals surface area contributed by atoms with Crippen LogP contribution < -0.4 is 5.32 Å². The molecule has 1 aromatic carbocycles. The summed E-state index contributed by atoms with van der Waals surface area (Å²) in [6.07, 6.45) is 0. The minimum absolute atomic E-state index is 0.0992. The van der Waals surface area contributed by atoms with Crippen LogP contribution in [0.3, 0.4) is 0 Å². The minimum Gasteiger partial charge on any atom is -0.319 e. The molecule has 25 heavy (non-hydrogen) atoms. The predicted octanol–water partition coefficient (Wildman–Crippen LogP) is 3.72. The number of thiophene rings is 1. The molecule has 0 bridgehead atoms. The Hall–Kier alpha value is -3.06. The van der Waals surface area contributed by atoms with E-state index < -0.39 is 0 Å². The zero-order valence-electron chi connectivity index (χ0n) is 13.7. The first-order valence-electron chi connectivity index (χ1n) is 7.77. The highest BCUT2D eigenvalue weighted by Gasteiger charge is 2.17. The molecule has 3 aromatic heterocycles. The van der Waals surface area contributed by atoms with Gasteiger partial charge in [-0.2, -0.15) is 4.98 Å². The number of hydrogen-bond acceptors (Lipinski definition) is 5. The monoisotopic (exact) mass is 349 g/mol. The van der Waals surface area contributed by atoms with Gasteiger partial charge < -0.3 is 5.32 Å². The summed E-state index contributed by atoms with van der Waals surface area (Å²) in [5, 5.41) is 9.20. The molecular formula is C18H15N5OS. The van der Waals surface area contributed by atoms with E-state index in [4.69, 9.17) is 0 Å². The molecule has 0 radical (unpaired) electrons. The van der Waals surface area contributed by atoms with Crippen molar-refractivity contribution in [1.82, 2.24) is 19.6 Å². The van der Waals surface area contributed by atoms with Gasteiger partial charge in [0, 0.05) is 27.5 Å². The second-order valence-corrected chi connectivity index (χ2v) is 6.61. The standard InChI is InChI=1S/C18H15N5OS/c1-11-10-12(2)23-18(19-11)21-16(22-23)17(24)20-14-7-4-3-6-13(14)15-8-5-9-25-15/h3-10H,1-2H3,(H,20,24). The minimum atomic E-state index is -0.355. The third-order valence-electron chi connectivity index (χ3n) is 3.78. The highest BCUT2D eigenvalue weighted by atomic mass is 32.1. The summed E-state index contributed by atoms with van der Waals surface area (Å²) in [7, 11) is 0. The number of aromatic nitrogens is 4. The van der Waals surface area contributed by atoms with Crippen LogP contribution in [-0.4, -0.2) is 25.5 Å². The van der Waals surface area contributed by atoms with Crippen molar-refractivity contribution in [3.8, 4) is 10.4 Å². The lowest BCUT2D eigenvalue weighted by atomic mass is 10.1. The van der Waals surface area contributed by atoms with E-state index in [1.165, 1.54) is 0 Å². The Balaban J connectivity index is 1.69. The topological polar surface area (TPSA) is 72.2 Å². The summed E-state index contributed by atoms with van der Waals surface area (Å²) in [5.41, 5.74) is 3.43. The number of benzene rings is 1. The van der Waals surface area contributed by atoms with Gasteiger partial charge in [-0.25, -0.2) is 9.50 Å². The van der Waals surface area contributed by atoms with Crippen molar-refractivity contribution in [1.29, 1.82) is 0 Å². The van der Waals surface area contributed by atoms with Crippen molar-refractivity contribution in [3.05, 3.63) is 65.1 Å². The van der Waals surface area contributed by atoms with E-state index in [1.807, 2.05) is 61.7 Å². The molecule has 3 heterocycles. The average molecular weight is 349 g/mol. The number of aryl methyl sites for hydroxylation is 2. The maximum atomic E-state index is 12.6. The van der Waals surface area contributed by atoms with Crippen LogP contribution in [0.5, 0.6) is 0 Å².